The number of benzene rings is 1. The molecule has 2 aliphatic rings. The quantitative estimate of drug-likeness (QED) is 0.427. The third kappa shape index (κ3) is 4.08. The number of amides is 1. The summed E-state index contributed by atoms with van der Waals surface area (Å²) in [5.74, 6) is 0.468. The van der Waals surface area contributed by atoms with E-state index in [0.717, 1.165) is 22.2 Å². The number of morpholine rings is 1. The molecule has 0 unspecified atom stereocenters. The lowest BCUT2D eigenvalue weighted by molar-refractivity contribution is 0.0693. The van der Waals surface area contributed by atoms with Crippen molar-refractivity contribution in [2.24, 2.45) is 0 Å². The van der Waals surface area contributed by atoms with Crippen LogP contribution in [-0.2, 0) is 14.8 Å². The predicted molar refractivity (Wildman–Crippen MR) is 133 cm³/mol. The normalized spacial score (nSPS) is 17.8. The topological polar surface area (TPSA) is 129 Å². The van der Waals surface area contributed by atoms with E-state index in [-0.39, 0.29) is 19.0 Å². The van der Waals surface area contributed by atoms with Crippen LogP contribution in [0.25, 0.3) is 27.8 Å². The van der Waals surface area contributed by atoms with Gasteiger partial charge in [0, 0.05) is 62.6 Å². The number of sulfonamides is 1. The Morgan fingerprint density at radius 2 is 1.81 bits per heavy atom. The molecule has 5 heterocycles. The van der Waals surface area contributed by atoms with Gasteiger partial charge in [-0.25, -0.2) is 18.4 Å². The third-order valence-corrected chi connectivity index (χ3v) is 8.01. The van der Waals surface area contributed by atoms with Crippen molar-refractivity contribution in [2.75, 3.05) is 63.6 Å². The number of fused-ring (bicyclic) bond motifs is 2. The van der Waals surface area contributed by atoms with Crippen LogP contribution in [0.5, 0.6) is 0 Å². The minimum atomic E-state index is -3.28. The van der Waals surface area contributed by atoms with Crippen LogP contribution < -0.4 is 4.90 Å². The number of H-pyrrole nitrogens is 1. The molecule has 0 saturated carbocycles. The second kappa shape index (κ2) is 8.84. The molecule has 6 rings (SSSR count). The van der Waals surface area contributed by atoms with Crippen LogP contribution in [0.4, 0.5) is 5.82 Å². The van der Waals surface area contributed by atoms with Crippen molar-refractivity contribution in [3.05, 3.63) is 42.5 Å². The highest BCUT2D eigenvalue weighted by molar-refractivity contribution is 7.88. The summed E-state index contributed by atoms with van der Waals surface area (Å²) in [6.45, 7) is 3.72. The first-order chi connectivity index (χ1) is 17.4. The fourth-order valence-corrected chi connectivity index (χ4v) is 5.61. The fourth-order valence-electron chi connectivity index (χ4n) is 4.78. The fraction of sp³-hybridized carbons (Fsp3) is 0.391. The monoisotopic (exact) mass is 510 g/mol. The second-order valence-electron chi connectivity index (χ2n) is 9.00. The highest BCUT2D eigenvalue weighted by atomic mass is 32.2. The van der Waals surface area contributed by atoms with Crippen LogP contribution in [0.2, 0.25) is 0 Å². The maximum Gasteiger partial charge on any atom is 0.274 e. The van der Waals surface area contributed by atoms with Gasteiger partial charge in [-0.2, -0.15) is 9.40 Å². The van der Waals surface area contributed by atoms with Crippen molar-refractivity contribution < 1.29 is 17.9 Å². The molecule has 13 heteroatoms. The van der Waals surface area contributed by atoms with Gasteiger partial charge in [-0.1, -0.05) is 12.1 Å². The molecule has 12 nitrogen and oxygen atoms in total. The average Bonchev–Trinajstić information content (AvgIpc) is 3.55. The average molecular weight is 511 g/mol. The first-order valence-electron chi connectivity index (χ1n) is 11.8. The number of nitrogens with one attached hydrogen (secondary N) is 1. The SMILES string of the molecule is CS(=O)(=O)N1CCN(C(=O)c2cn3cc(-c4cccc5[nH]ncc45)nc(N4CCOCC4)c3n2)CC1. The van der Waals surface area contributed by atoms with Gasteiger partial charge in [0.25, 0.3) is 5.91 Å². The predicted octanol–water partition coefficient (Wildman–Crippen LogP) is 0.827. The number of anilines is 1. The van der Waals surface area contributed by atoms with E-state index in [2.05, 4.69) is 15.1 Å². The number of piperazine rings is 1. The summed E-state index contributed by atoms with van der Waals surface area (Å²) in [5.41, 5.74) is 3.48. The molecule has 0 radical (unpaired) electrons. The van der Waals surface area contributed by atoms with Gasteiger partial charge in [-0.3, -0.25) is 9.89 Å². The van der Waals surface area contributed by atoms with E-state index >= 15 is 0 Å². The number of hydrogen-bond acceptors (Lipinski definition) is 8. The zero-order chi connectivity index (χ0) is 24.9. The van der Waals surface area contributed by atoms with Crippen LogP contribution in [-0.4, -0.2) is 107 Å². The van der Waals surface area contributed by atoms with Crippen LogP contribution >= 0.6 is 0 Å². The molecule has 4 aromatic rings. The van der Waals surface area contributed by atoms with E-state index in [4.69, 9.17) is 14.7 Å². The van der Waals surface area contributed by atoms with E-state index in [1.165, 1.54) is 10.6 Å². The third-order valence-electron chi connectivity index (χ3n) is 6.71. The van der Waals surface area contributed by atoms with Gasteiger partial charge in [0.05, 0.1) is 36.9 Å². The van der Waals surface area contributed by atoms with Crippen LogP contribution in [0.15, 0.2) is 36.8 Å². The summed E-state index contributed by atoms with van der Waals surface area (Å²) in [7, 11) is -3.28. The number of carbonyl (C=O) groups is 1. The molecule has 0 spiro atoms. The van der Waals surface area contributed by atoms with Crippen molar-refractivity contribution in [1.29, 1.82) is 0 Å². The van der Waals surface area contributed by atoms with Crippen LogP contribution in [0.1, 0.15) is 10.5 Å². The largest absolute Gasteiger partial charge is 0.378 e. The van der Waals surface area contributed by atoms with Gasteiger partial charge in [0.1, 0.15) is 5.69 Å². The zero-order valence-electron chi connectivity index (χ0n) is 19.8. The summed E-state index contributed by atoms with van der Waals surface area (Å²) in [4.78, 5) is 26.8. The maximum absolute atomic E-state index is 13.3. The summed E-state index contributed by atoms with van der Waals surface area (Å²) < 4.78 is 32.4. The van der Waals surface area contributed by atoms with E-state index in [9.17, 15) is 13.2 Å². The Balaban J connectivity index is 1.39. The molecule has 2 saturated heterocycles. The van der Waals surface area contributed by atoms with Crippen molar-refractivity contribution >= 4 is 38.3 Å². The zero-order valence-corrected chi connectivity index (χ0v) is 20.6. The summed E-state index contributed by atoms with van der Waals surface area (Å²) in [6.07, 6.45) is 6.58. The molecule has 188 valence electrons. The molecular weight excluding hydrogens is 484 g/mol. The van der Waals surface area contributed by atoms with Crippen molar-refractivity contribution in [3.63, 3.8) is 0 Å². The van der Waals surface area contributed by atoms with Crippen LogP contribution in [0, 0.1) is 0 Å². The van der Waals surface area contributed by atoms with Crippen molar-refractivity contribution in [2.45, 2.75) is 0 Å². The minimum Gasteiger partial charge on any atom is -0.378 e. The van der Waals surface area contributed by atoms with Gasteiger partial charge in [-0.15, -0.1) is 0 Å². The Kier molecular flexibility index (Phi) is 5.62. The lowest BCUT2D eigenvalue weighted by Crippen LogP contribution is -2.50. The van der Waals surface area contributed by atoms with Crippen LogP contribution in [0.3, 0.4) is 0 Å². The van der Waals surface area contributed by atoms with Crippen molar-refractivity contribution in [1.82, 2.24) is 33.8 Å². The Hall–Kier alpha value is -3.55. The minimum absolute atomic E-state index is 0.224. The van der Waals surface area contributed by atoms with Gasteiger partial charge < -0.3 is 18.9 Å². The lowest BCUT2D eigenvalue weighted by Gasteiger charge is -2.32. The number of aromatic nitrogens is 5. The molecule has 0 atom stereocenters. The number of carbonyl (C=O) groups excluding carboxylic acids is 1. The van der Waals surface area contributed by atoms with Gasteiger partial charge >= 0.3 is 0 Å². The number of imidazole rings is 1. The summed E-state index contributed by atoms with van der Waals surface area (Å²) in [5, 5.41) is 8.12. The van der Waals surface area contributed by atoms with Gasteiger partial charge in [-0.05, 0) is 6.07 Å². The van der Waals surface area contributed by atoms with Gasteiger partial charge in [0.2, 0.25) is 10.0 Å². The summed E-state index contributed by atoms with van der Waals surface area (Å²) in [6, 6.07) is 5.92. The smallest absolute Gasteiger partial charge is 0.274 e. The molecule has 2 aliphatic heterocycles. The molecule has 2 fully saturated rings. The van der Waals surface area contributed by atoms with E-state index in [1.807, 2.05) is 28.8 Å². The summed E-state index contributed by atoms with van der Waals surface area (Å²) >= 11 is 0. The first-order valence-corrected chi connectivity index (χ1v) is 13.6. The molecule has 36 heavy (non-hydrogen) atoms. The standard InChI is InChI=1S/C23H26N8O4S/c1-36(33,34)31-7-5-29(6-8-31)23(32)20-15-30-14-19(16-3-2-4-18-17(16)13-24-27-18)25-21(22(30)26-20)28-9-11-35-12-10-28/h2-4,13-15H,5-12H2,1H3,(H,24,27). The first kappa shape index (κ1) is 22.9. The lowest BCUT2D eigenvalue weighted by atomic mass is 10.1. The number of nitrogens with zero attached hydrogens (tertiary/aromatic N) is 7. The Morgan fingerprint density at radius 3 is 2.56 bits per heavy atom. The molecule has 0 aliphatic carbocycles. The Bertz CT molecular complexity index is 1550. The number of hydrogen-bond donors (Lipinski definition) is 1. The highest BCUT2D eigenvalue weighted by Gasteiger charge is 2.29. The molecular formula is C23H26N8O4S. The molecule has 0 bridgehead atoms. The number of rotatable bonds is 4. The van der Waals surface area contributed by atoms with Gasteiger partial charge in [0.15, 0.2) is 11.5 Å². The molecule has 1 N–H and O–H groups in total. The van der Waals surface area contributed by atoms with Crippen molar-refractivity contribution in [3.8, 4) is 11.3 Å². The Labute approximate surface area is 207 Å². The number of aromatic amines is 1. The van der Waals surface area contributed by atoms with E-state index in [0.29, 0.717) is 56.6 Å². The Morgan fingerprint density at radius 1 is 1.03 bits per heavy atom. The number of ether oxygens (including phenoxy) is 1. The molecule has 1 aromatic carbocycles. The maximum atomic E-state index is 13.3. The molecule has 1 amide bonds. The highest BCUT2D eigenvalue weighted by Crippen LogP contribution is 2.30. The van der Waals surface area contributed by atoms with E-state index in [1.54, 1.807) is 17.3 Å². The second-order valence-corrected chi connectivity index (χ2v) is 11.0. The molecule has 3 aromatic heterocycles. The van der Waals surface area contributed by atoms with E-state index < -0.39 is 10.0 Å².